The van der Waals surface area contributed by atoms with Crippen molar-refractivity contribution >= 4 is 5.69 Å². The van der Waals surface area contributed by atoms with Gasteiger partial charge in [-0.25, -0.2) is 0 Å². The van der Waals surface area contributed by atoms with Gasteiger partial charge in [-0.2, -0.15) is 0 Å². The van der Waals surface area contributed by atoms with Gasteiger partial charge in [0.15, 0.2) is 0 Å². The van der Waals surface area contributed by atoms with Crippen LogP contribution in [0.4, 0.5) is 5.69 Å². The Morgan fingerprint density at radius 2 is 2.04 bits per heavy atom. The van der Waals surface area contributed by atoms with Gasteiger partial charge in [0.25, 0.3) is 0 Å². The maximum atomic E-state index is 5.91. The number of hydrogen-bond acceptors (Lipinski definition) is 4. The maximum absolute atomic E-state index is 5.91. The molecule has 1 aromatic heterocycles. The van der Waals surface area contributed by atoms with Crippen molar-refractivity contribution in [1.29, 1.82) is 0 Å². The van der Waals surface area contributed by atoms with Gasteiger partial charge >= 0.3 is 0 Å². The van der Waals surface area contributed by atoms with Crippen LogP contribution in [0.1, 0.15) is 29.5 Å². The number of nitrogens with zero attached hydrogens (tertiary/aromatic N) is 1. The van der Waals surface area contributed by atoms with Crippen LogP contribution in [-0.4, -0.2) is 30.7 Å². The summed E-state index contributed by atoms with van der Waals surface area (Å²) >= 11 is 0. The SMILES string of the molecule is c1cc2c(cc1CCc1cncc(OC[C@@H]3CCCN3)c1)NCC2. The van der Waals surface area contributed by atoms with Crippen molar-refractivity contribution in [3.8, 4) is 5.75 Å². The van der Waals surface area contributed by atoms with Crippen molar-refractivity contribution in [2.24, 2.45) is 0 Å². The van der Waals surface area contributed by atoms with E-state index in [9.17, 15) is 0 Å². The van der Waals surface area contributed by atoms with Crippen LogP contribution in [0.25, 0.3) is 0 Å². The predicted molar refractivity (Wildman–Crippen MR) is 96.8 cm³/mol. The molecule has 0 spiro atoms. The Kier molecular flexibility index (Phi) is 4.65. The molecule has 0 bridgehead atoms. The molecule has 1 fully saturated rings. The van der Waals surface area contributed by atoms with Gasteiger partial charge in [-0.15, -0.1) is 0 Å². The van der Waals surface area contributed by atoms with Crippen molar-refractivity contribution in [3.05, 3.63) is 53.3 Å². The Bertz CT molecular complexity index is 695. The average molecular weight is 323 g/mol. The first-order valence-electron chi connectivity index (χ1n) is 9.02. The van der Waals surface area contributed by atoms with Gasteiger partial charge < -0.3 is 15.4 Å². The summed E-state index contributed by atoms with van der Waals surface area (Å²) in [5, 5.41) is 6.91. The minimum absolute atomic E-state index is 0.493. The van der Waals surface area contributed by atoms with Gasteiger partial charge in [0.2, 0.25) is 0 Å². The lowest BCUT2D eigenvalue weighted by Gasteiger charge is -2.12. The number of rotatable bonds is 6. The lowest BCUT2D eigenvalue weighted by atomic mass is 10.0. The number of hydrogen-bond donors (Lipinski definition) is 2. The van der Waals surface area contributed by atoms with Crippen molar-refractivity contribution in [3.63, 3.8) is 0 Å². The molecular formula is C20H25N3O. The minimum atomic E-state index is 0.493. The Hall–Kier alpha value is -2.07. The number of anilines is 1. The molecule has 1 atom stereocenters. The summed E-state index contributed by atoms with van der Waals surface area (Å²) in [5.41, 5.74) is 5.37. The molecule has 1 saturated heterocycles. The van der Waals surface area contributed by atoms with E-state index in [1.807, 2.05) is 12.4 Å². The van der Waals surface area contributed by atoms with Crippen LogP contribution in [0, 0.1) is 0 Å². The van der Waals surface area contributed by atoms with E-state index in [1.165, 1.54) is 35.2 Å². The smallest absolute Gasteiger partial charge is 0.137 e. The van der Waals surface area contributed by atoms with Gasteiger partial charge in [0.05, 0.1) is 6.20 Å². The van der Waals surface area contributed by atoms with Crippen LogP contribution in [0.3, 0.4) is 0 Å². The normalized spacial score (nSPS) is 19.1. The van der Waals surface area contributed by atoms with Crippen molar-refractivity contribution < 1.29 is 4.74 Å². The van der Waals surface area contributed by atoms with E-state index in [-0.39, 0.29) is 0 Å². The Balaban J connectivity index is 1.33. The first kappa shape index (κ1) is 15.5. The highest BCUT2D eigenvalue weighted by Crippen LogP contribution is 2.24. The van der Waals surface area contributed by atoms with Crippen molar-refractivity contribution in [2.45, 2.75) is 38.1 Å². The summed E-state index contributed by atoms with van der Waals surface area (Å²) < 4.78 is 5.91. The Labute approximate surface area is 143 Å². The lowest BCUT2D eigenvalue weighted by molar-refractivity contribution is 0.276. The molecule has 0 saturated carbocycles. The second-order valence-corrected chi connectivity index (χ2v) is 6.80. The monoisotopic (exact) mass is 323 g/mol. The number of aryl methyl sites for hydroxylation is 2. The van der Waals surface area contributed by atoms with E-state index in [2.05, 4.69) is 39.9 Å². The minimum Gasteiger partial charge on any atom is -0.490 e. The molecule has 126 valence electrons. The van der Waals surface area contributed by atoms with Crippen LogP contribution in [0.2, 0.25) is 0 Å². The number of ether oxygens (including phenoxy) is 1. The molecule has 0 radical (unpaired) electrons. The molecule has 4 heteroatoms. The molecule has 2 N–H and O–H groups in total. The highest BCUT2D eigenvalue weighted by Gasteiger charge is 2.14. The number of benzene rings is 1. The molecular weight excluding hydrogens is 298 g/mol. The van der Waals surface area contributed by atoms with Crippen LogP contribution in [-0.2, 0) is 19.3 Å². The predicted octanol–water partition coefficient (Wildman–Crippen LogP) is 2.97. The molecule has 0 amide bonds. The molecule has 1 aromatic carbocycles. The van der Waals surface area contributed by atoms with E-state index in [4.69, 9.17) is 4.74 Å². The van der Waals surface area contributed by atoms with Gasteiger partial charge in [0, 0.05) is 24.5 Å². The van der Waals surface area contributed by atoms with Crippen LogP contribution >= 0.6 is 0 Å². The first-order chi connectivity index (χ1) is 11.9. The zero-order chi connectivity index (χ0) is 16.2. The van der Waals surface area contributed by atoms with Crippen LogP contribution in [0.5, 0.6) is 5.75 Å². The first-order valence-corrected chi connectivity index (χ1v) is 9.02. The van der Waals surface area contributed by atoms with Crippen LogP contribution < -0.4 is 15.4 Å². The lowest BCUT2D eigenvalue weighted by Crippen LogP contribution is -2.28. The molecule has 2 aromatic rings. The second-order valence-electron chi connectivity index (χ2n) is 6.80. The largest absolute Gasteiger partial charge is 0.490 e. The number of nitrogens with one attached hydrogen (secondary N) is 2. The summed E-state index contributed by atoms with van der Waals surface area (Å²) in [6.45, 7) is 2.92. The van der Waals surface area contributed by atoms with E-state index in [1.54, 1.807) is 0 Å². The quantitative estimate of drug-likeness (QED) is 0.858. The number of pyridine rings is 1. The molecule has 2 aliphatic heterocycles. The standard InChI is InChI=1S/C20H25N3O/c1-2-18(22-8-1)14-24-19-10-16(12-21-13-19)4-3-15-5-6-17-7-9-23-20(17)11-15/h5-6,10-13,18,22-23H,1-4,7-9,14H2/t18-/m0/s1. The summed E-state index contributed by atoms with van der Waals surface area (Å²) in [4.78, 5) is 4.34. The molecule has 4 rings (SSSR count). The zero-order valence-electron chi connectivity index (χ0n) is 14.1. The molecule has 3 heterocycles. The van der Waals surface area contributed by atoms with Gasteiger partial charge in [-0.3, -0.25) is 4.98 Å². The van der Waals surface area contributed by atoms with Crippen LogP contribution in [0.15, 0.2) is 36.7 Å². The Morgan fingerprint density at radius 3 is 2.96 bits per heavy atom. The summed E-state index contributed by atoms with van der Waals surface area (Å²) in [6, 6.07) is 9.44. The van der Waals surface area contributed by atoms with Gasteiger partial charge in [0.1, 0.15) is 12.4 Å². The van der Waals surface area contributed by atoms with Crippen molar-refractivity contribution in [1.82, 2.24) is 10.3 Å². The third-order valence-corrected chi connectivity index (χ3v) is 4.97. The zero-order valence-corrected chi connectivity index (χ0v) is 14.1. The third-order valence-electron chi connectivity index (χ3n) is 4.97. The maximum Gasteiger partial charge on any atom is 0.137 e. The van der Waals surface area contributed by atoms with E-state index < -0.39 is 0 Å². The molecule has 0 unspecified atom stereocenters. The van der Waals surface area contributed by atoms with E-state index in [0.717, 1.165) is 44.7 Å². The highest BCUT2D eigenvalue weighted by atomic mass is 16.5. The fourth-order valence-electron chi connectivity index (χ4n) is 3.56. The molecule has 24 heavy (non-hydrogen) atoms. The highest BCUT2D eigenvalue weighted by molar-refractivity contribution is 5.57. The molecule has 4 nitrogen and oxygen atoms in total. The van der Waals surface area contributed by atoms with Crippen molar-refractivity contribution in [2.75, 3.05) is 25.0 Å². The van der Waals surface area contributed by atoms with Gasteiger partial charge in [-0.05, 0) is 67.5 Å². The summed E-state index contributed by atoms with van der Waals surface area (Å²) in [6.07, 6.45) is 9.40. The number of aromatic nitrogens is 1. The van der Waals surface area contributed by atoms with Gasteiger partial charge in [-0.1, -0.05) is 12.1 Å². The fourth-order valence-corrected chi connectivity index (χ4v) is 3.56. The second kappa shape index (κ2) is 7.22. The molecule has 0 aliphatic carbocycles. The van der Waals surface area contributed by atoms with E-state index in [0.29, 0.717) is 6.04 Å². The fraction of sp³-hybridized carbons (Fsp3) is 0.450. The summed E-state index contributed by atoms with van der Waals surface area (Å²) in [5.74, 6) is 0.886. The van der Waals surface area contributed by atoms with E-state index >= 15 is 0 Å². The average Bonchev–Trinajstić information content (AvgIpc) is 3.29. The summed E-state index contributed by atoms with van der Waals surface area (Å²) in [7, 11) is 0. The third kappa shape index (κ3) is 3.70. The molecule has 2 aliphatic rings. The topological polar surface area (TPSA) is 46.2 Å². The number of fused-ring (bicyclic) bond motifs is 1. The Morgan fingerprint density at radius 1 is 1.08 bits per heavy atom.